The highest BCUT2D eigenvalue weighted by Gasteiger charge is 2.43. The van der Waals surface area contributed by atoms with E-state index in [1.54, 1.807) is 6.07 Å². The van der Waals surface area contributed by atoms with Crippen LogP contribution in [0.2, 0.25) is 0 Å². The fourth-order valence-corrected chi connectivity index (χ4v) is 2.66. The normalized spacial score (nSPS) is 28.0. The van der Waals surface area contributed by atoms with Crippen molar-refractivity contribution < 1.29 is 24.1 Å². The zero-order valence-electron chi connectivity index (χ0n) is 13.8. The molecule has 1 aliphatic heterocycles. The Balaban J connectivity index is 0.00000116. The molecule has 0 saturated carbocycles. The number of aliphatic hydroxyl groups is 2. The summed E-state index contributed by atoms with van der Waals surface area (Å²) in [7, 11) is 1.49. The number of hydrogen-bond donors (Lipinski definition) is 2. The highest BCUT2D eigenvalue weighted by molar-refractivity contribution is 5.33. The Morgan fingerprint density at radius 3 is 2.64 bits per heavy atom. The number of alkyl halides is 1. The maximum absolute atomic E-state index is 13.0. The van der Waals surface area contributed by atoms with Crippen LogP contribution < -0.4 is 0 Å². The molecule has 1 aromatic rings. The van der Waals surface area contributed by atoms with Crippen LogP contribution in [-0.2, 0) is 21.9 Å². The lowest BCUT2D eigenvalue weighted by molar-refractivity contribution is -0.298. The van der Waals surface area contributed by atoms with Gasteiger partial charge < -0.3 is 19.7 Å². The summed E-state index contributed by atoms with van der Waals surface area (Å²) in [5.74, 6) is -1.14. The lowest BCUT2D eigenvalue weighted by Crippen LogP contribution is -2.46. The molecular weight excluding hydrogens is 287 g/mol. The summed E-state index contributed by atoms with van der Waals surface area (Å²) in [4.78, 5) is 0. The maximum Gasteiger partial charge on any atom is 0.197 e. The van der Waals surface area contributed by atoms with Crippen LogP contribution in [0.15, 0.2) is 18.2 Å². The molecule has 0 aliphatic carbocycles. The van der Waals surface area contributed by atoms with Crippen molar-refractivity contribution in [2.24, 2.45) is 0 Å². The molecule has 126 valence electrons. The van der Waals surface area contributed by atoms with Gasteiger partial charge in [0.2, 0.25) is 0 Å². The zero-order chi connectivity index (χ0) is 16.8. The van der Waals surface area contributed by atoms with Crippen molar-refractivity contribution in [2.45, 2.75) is 58.3 Å². The summed E-state index contributed by atoms with van der Waals surface area (Å²) in [6.07, 6.45) is -0.497. The summed E-state index contributed by atoms with van der Waals surface area (Å²) in [5, 5.41) is 19.3. The number of rotatable bonds is 4. The number of aryl methyl sites for hydroxylation is 1. The van der Waals surface area contributed by atoms with Gasteiger partial charge in [-0.2, -0.15) is 0 Å². The first kappa shape index (κ1) is 19.0. The van der Waals surface area contributed by atoms with Crippen molar-refractivity contribution in [3.05, 3.63) is 34.9 Å². The molecule has 3 atom stereocenters. The summed E-state index contributed by atoms with van der Waals surface area (Å²) in [6, 6.07) is 5.32. The van der Waals surface area contributed by atoms with Gasteiger partial charge in [0.1, 0.15) is 6.67 Å². The highest BCUT2D eigenvalue weighted by atomic mass is 19.1. The van der Waals surface area contributed by atoms with Crippen LogP contribution in [0.1, 0.15) is 43.4 Å². The predicted octanol–water partition coefficient (Wildman–Crippen LogP) is 2.82. The van der Waals surface area contributed by atoms with E-state index in [0.717, 1.165) is 5.56 Å². The van der Waals surface area contributed by atoms with E-state index in [2.05, 4.69) is 0 Å². The second-order valence-corrected chi connectivity index (χ2v) is 5.25. The minimum Gasteiger partial charge on any atom is -0.394 e. The van der Waals surface area contributed by atoms with Gasteiger partial charge in [-0.25, -0.2) is 4.39 Å². The number of aliphatic hydroxyl groups excluding tert-OH is 2. The Labute approximate surface area is 131 Å². The molecule has 0 aromatic heterocycles. The van der Waals surface area contributed by atoms with Gasteiger partial charge in [0, 0.05) is 25.5 Å². The molecule has 1 saturated heterocycles. The number of halogens is 1. The summed E-state index contributed by atoms with van der Waals surface area (Å²) >= 11 is 0. The largest absolute Gasteiger partial charge is 0.394 e. The minimum atomic E-state index is -1.14. The number of ether oxygens (including phenoxy) is 2. The third-order valence-electron chi connectivity index (χ3n) is 3.86. The zero-order valence-corrected chi connectivity index (χ0v) is 13.8. The van der Waals surface area contributed by atoms with Gasteiger partial charge in [0.25, 0.3) is 0 Å². The molecule has 0 bridgehead atoms. The van der Waals surface area contributed by atoms with Crippen LogP contribution in [0.4, 0.5) is 4.39 Å². The van der Waals surface area contributed by atoms with E-state index in [-0.39, 0.29) is 13.0 Å². The highest BCUT2D eigenvalue weighted by Crippen LogP contribution is 2.39. The first-order valence-corrected chi connectivity index (χ1v) is 7.72. The third kappa shape index (κ3) is 4.04. The molecule has 0 amide bonds. The lowest BCUT2D eigenvalue weighted by Gasteiger charge is -2.42. The van der Waals surface area contributed by atoms with Crippen molar-refractivity contribution in [1.82, 2.24) is 0 Å². The van der Waals surface area contributed by atoms with Gasteiger partial charge in [-0.1, -0.05) is 26.0 Å². The van der Waals surface area contributed by atoms with Crippen LogP contribution >= 0.6 is 0 Å². The van der Waals surface area contributed by atoms with Gasteiger partial charge in [-0.15, -0.1) is 0 Å². The second kappa shape index (κ2) is 8.58. The first-order chi connectivity index (χ1) is 10.5. The van der Waals surface area contributed by atoms with Crippen molar-refractivity contribution >= 4 is 0 Å². The smallest absolute Gasteiger partial charge is 0.197 e. The molecule has 1 aromatic carbocycles. The topological polar surface area (TPSA) is 58.9 Å². The molecule has 2 N–H and O–H groups in total. The van der Waals surface area contributed by atoms with Crippen LogP contribution in [0, 0.1) is 6.92 Å². The van der Waals surface area contributed by atoms with Crippen molar-refractivity contribution in [1.29, 1.82) is 0 Å². The summed E-state index contributed by atoms with van der Waals surface area (Å²) in [6.45, 7) is 5.08. The number of methoxy groups -OCH3 is 1. The molecule has 5 heteroatoms. The van der Waals surface area contributed by atoms with Crippen LogP contribution in [0.5, 0.6) is 0 Å². The molecule has 0 spiro atoms. The quantitative estimate of drug-likeness (QED) is 0.897. The van der Waals surface area contributed by atoms with E-state index in [0.29, 0.717) is 17.5 Å². The van der Waals surface area contributed by atoms with Gasteiger partial charge in [-0.3, -0.25) is 0 Å². The van der Waals surface area contributed by atoms with Crippen LogP contribution in [0.25, 0.3) is 0 Å². The van der Waals surface area contributed by atoms with E-state index in [4.69, 9.17) is 9.47 Å². The molecule has 3 unspecified atom stereocenters. The third-order valence-corrected chi connectivity index (χ3v) is 3.86. The Bertz CT molecular complexity index is 466. The molecule has 2 rings (SSSR count). The van der Waals surface area contributed by atoms with E-state index in [1.807, 2.05) is 32.9 Å². The van der Waals surface area contributed by atoms with Gasteiger partial charge >= 0.3 is 0 Å². The lowest BCUT2D eigenvalue weighted by atomic mass is 9.91. The van der Waals surface area contributed by atoms with E-state index < -0.39 is 24.7 Å². The molecule has 4 nitrogen and oxygen atoms in total. The van der Waals surface area contributed by atoms with Gasteiger partial charge in [0.15, 0.2) is 5.79 Å². The molecule has 1 fully saturated rings. The molecular formula is C17H27FO4. The van der Waals surface area contributed by atoms with Crippen LogP contribution in [-0.4, -0.2) is 36.1 Å². The SMILES string of the molecule is CC.COC1(c2ccc(C)c(CF)c2)CC(O)CC(CO)O1. The summed E-state index contributed by atoms with van der Waals surface area (Å²) < 4.78 is 24.3. The fourth-order valence-electron chi connectivity index (χ4n) is 2.66. The van der Waals surface area contributed by atoms with Crippen molar-refractivity contribution in [3.8, 4) is 0 Å². The van der Waals surface area contributed by atoms with E-state index in [1.165, 1.54) is 7.11 Å². The van der Waals surface area contributed by atoms with Crippen LogP contribution in [0.3, 0.4) is 0 Å². The standard InChI is InChI=1S/C15H21FO4.C2H6/c1-10-3-4-12(5-11(10)8-16)15(19-2)7-13(18)6-14(9-17)20-15;1-2/h3-5,13-14,17-18H,6-9H2,1-2H3;1-2H3. The number of hydrogen-bond acceptors (Lipinski definition) is 4. The molecule has 1 heterocycles. The maximum atomic E-state index is 13.0. The predicted molar refractivity (Wildman–Crippen MR) is 83.2 cm³/mol. The monoisotopic (exact) mass is 314 g/mol. The summed E-state index contributed by atoms with van der Waals surface area (Å²) in [5.41, 5.74) is 2.09. The average Bonchev–Trinajstić information content (AvgIpc) is 2.56. The number of benzene rings is 1. The Kier molecular flexibility index (Phi) is 7.42. The van der Waals surface area contributed by atoms with Crippen molar-refractivity contribution in [3.63, 3.8) is 0 Å². The van der Waals surface area contributed by atoms with Gasteiger partial charge in [-0.05, 0) is 24.1 Å². The molecule has 1 aliphatic rings. The Hall–Kier alpha value is -1.01. The minimum absolute atomic E-state index is 0.190. The molecule has 0 radical (unpaired) electrons. The second-order valence-electron chi connectivity index (χ2n) is 5.25. The van der Waals surface area contributed by atoms with Crippen molar-refractivity contribution in [2.75, 3.05) is 13.7 Å². The van der Waals surface area contributed by atoms with E-state index in [9.17, 15) is 14.6 Å². The Morgan fingerprint density at radius 1 is 1.41 bits per heavy atom. The first-order valence-electron chi connectivity index (χ1n) is 7.72. The fraction of sp³-hybridized carbons (Fsp3) is 0.647. The average molecular weight is 314 g/mol. The molecule has 22 heavy (non-hydrogen) atoms. The van der Waals surface area contributed by atoms with E-state index >= 15 is 0 Å². The Morgan fingerprint density at radius 2 is 2.09 bits per heavy atom. The van der Waals surface area contributed by atoms with Gasteiger partial charge in [0.05, 0.1) is 18.8 Å².